The van der Waals surface area contributed by atoms with Gasteiger partial charge >= 0.3 is 0 Å². The van der Waals surface area contributed by atoms with Gasteiger partial charge in [-0.1, -0.05) is 41.4 Å². The summed E-state index contributed by atoms with van der Waals surface area (Å²) < 4.78 is 0. The lowest BCUT2D eigenvalue weighted by Crippen LogP contribution is -2.39. The maximum atomic E-state index is 12.8. The molecular formula is C24H26ClN3O2. The zero-order chi connectivity index (χ0) is 21.1. The number of hydrogen-bond donors (Lipinski definition) is 2. The largest absolute Gasteiger partial charge is 0.352 e. The summed E-state index contributed by atoms with van der Waals surface area (Å²) in [5, 5.41) is 4.60. The molecule has 1 saturated heterocycles. The first-order chi connectivity index (χ1) is 14.5. The highest BCUT2D eigenvalue weighted by Gasteiger charge is 2.26. The van der Waals surface area contributed by atoms with Crippen LogP contribution in [-0.2, 0) is 11.3 Å². The fourth-order valence-corrected chi connectivity index (χ4v) is 4.15. The average Bonchev–Trinajstić information content (AvgIpc) is 3.16. The van der Waals surface area contributed by atoms with Gasteiger partial charge in [-0.3, -0.25) is 9.59 Å². The quantitative estimate of drug-likeness (QED) is 0.625. The Bertz CT molecular complexity index is 1050. The zero-order valence-electron chi connectivity index (χ0n) is 17.1. The number of nitrogens with zero attached hydrogens (tertiary/aromatic N) is 1. The smallest absolute Gasteiger partial charge is 0.270 e. The predicted molar refractivity (Wildman–Crippen MR) is 120 cm³/mol. The molecular weight excluding hydrogens is 398 g/mol. The van der Waals surface area contributed by atoms with Crippen LogP contribution in [0.3, 0.4) is 0 Å². The van der Waals surface area contributed by atoms with Crippen LogP contribution in [0.1, 0.15) is 40.9 Å². The molecule has 0 aliphatic carbocycles. The van der Waals surface area contributed by atoms with Crippen LogP contribution in [0.25, 0.3) is 10.9 Å². The number of nitrogens with one attached hydrogen (secondary N) is 2. The summed E-state index contributed by atoms with van der Waals surface area (Å²) in [5.41, 5.74) is 3.81. The molecule has 2 amide bonds. The number of rotatable bonds is 5. The second-order valence-corrected chi connectivity index (χ2v) is 8.55. The molecule has 3 aromatic rings. The number of aromatic amines is 1. The number of H-pyrrole nitrogens is 1. The highest BCUT2D eigenvalue weighted by Crippen LogP contribution is 2.24. The van der Waals surface area contributed by atoms with Gasteiger partial charge in [-0.2, -0.15) is 0 Å². The fourth-order valence-electron chi connectivity index (χ4n) is 3.97. The first kappa shape index (κ1) is 20.5. The van der Waals surface area contributed by atoms with Crippen LogP contribution in [0.15, 0.2) is 48.5 Å². The Kier molecular flexibility index (Phi) is 6.09. The van der Waals surface area contributed by atoms with Crippen molar-refractivity contribution in [2.24, 2.45) is 5.92 Å². The van der Waals surface area contributed by atoms with Gasteiger partial charge in [0.25, 0.3) is 5.91 Å². The van der Waals surface area contributed by atoms with Crippen molar-refractivity contribution in [3.05, 3.63) is 70.4 Å². The third-order valence-electron chi connectivity index (χ3n) is 5.80. The first-order valence-corrected chi connectivity index (χ1v) is 10.8. The van der Waals surface area contributed by atoms with Gasteiger partial charge < -0.3 is 15.2 Å². The van der Waals surface area contributed by atoms with Crippen LogP contribution in [0, 0.1) is 12.8 Å². The van der Waals surface area contributed by atoms with E-state index in [1.54, 1.807) is 0 Å². The summed E-state index contributed by atoms with van der Waals surface area (Å²) in [6.07, 6.45) is 2.20. The predicted octanol–water partition coefficient (Wildman–Crippen LogP) is 4.69. The third kappa shape index (κ3) is 4.85. The van der Waals surface area contributed by atoms with Gasteiger partial charge in [0.2, 0.25) is 5.91 Å². The summed E-state index contributed by atoms with van der Waals surface area (Å²) in [7, 11) is 0. The first-order valence-electron chi connectivity index (χ1n) is 10.4. The Morgan fingerprint density at radius 1 is 1.10 bits per heavy atom. The number of aromatic nitrogens is 1. The number of carbonyl (C=O) groups excluding carboxylic acids is 2. The number of carbonyl (C=O) groups is 2. The Balaban J connectivity index is 1.26. The molecule has 0 bridgehead atoms. The van der Waals surface area contributed by atoms with Crippen LogP contribution in [0.5, 0.6) is 0 Å². The summed E-state index contributed by atoms with van der Waals surface area (Å²) in [6.45, 7) is 3.95. The van der Waals surface area contributed by atoms with Gasteiger partial charge in [0.05, 0.1) is 0 Å². The van der Waals surface area contributed by atoms with Crippen LogP contribution >= 0.6 is 11.6 Å². The monoisotopic (exact) mass is 423 g/mol. The van der Waals surface area contributed by atoms with E-state index in [1.165, 1.54) is 5.56 Å². The molecule has 156 valence electrons. The Labute approximate surface area is 181 Å². The highest BCUT2D eigenvalue weighted by molar-refractivity contribution is 6.31. The SMILES string of the molecule is Cc1ccc(CNC(=O)CC2CCN(C(=O)c3cc4cc(Cl)ccc4[nH]3)CC2)cc1. The molecule has 1 aliphatic heterocycles. The lowest BCUT2D eigenvalue weighted by molar-refractivity contribution is -0.122. The fraction of sp³-hybridized carbons (Fsp3) is 0.333. The van der Waals surface area contributed by atoms with Crippen LogP contribution < -0.4 is 5.32 Å². The molecule has 2 N–H and O–H groups in total. The number of piperidine rings is 1. The van der Waals surface area contributed by atoms with E-state index >= 15 is 0 Å². The van der Waals surface area contributed by atoms with E-state index in [-0.39, 0.29) is 11.8 Å². The van der Waals surface area contributed by atoms with Crippen molar-refractivity contribution in [1.29, 1.82) is 0 Å². The molecule has 0 saturated carbocycles. The normalized spacial score (nSPS) is 14.8. The number of hydrogen-bond acceptors (Lipinski definition) is 2. The maximum Gasteiger partial charge on any atom is 0.270 e. The van der Waals surface area contributed by atoms with Crippen molar-refractivity contribution in [2.45, 2.75) is 32.7 Å². The van der Waals surface area contributed by atoms with Crippen molar-refractivity contribution >= 4 is 34.3 Å². The van der Waals surface area contributed by atoms with Gasteiger partial charge in [-0.05, 0) is 55.5 Å². The van der Waals surface area contributed by atoms with E-state index in [0.717, 1.165) is 29.3 Å². The lowest BCUT2D eigenvalue weighted by atomic mass is 9.93. The van der Waals surface area contributed by atoms with Gasteiger partial charge in [0.15, 0.2) is 0 Å². The topological polar surface area (TPSA) is 65.2 Å². The summed E-state index contributed by atoms with van der Waals surface area (Å²) >= 11 is 6.04. The maximum absolute atomic E-state index is 12.8. The number of fused-ring (bicyclic) bond motifs is 1. The average molecular weight is 424 g/mol. The third-order valence-corrected chi connectivity index (χ3v) is 6.03. The summed E-state index contributed by atoms with van der Waals surface area (Å²) in [4.78, 5) is 30.2. The molecule has 2 aromatic carbocycles. The standard InChI is InChI=1S/C24H26ClN3O2/c1-16-2-4-18(5-3-16)15-26-23(29)12-17-8-10-28(11-9-17)24(30)22-14-19-13-20(25)6-7-21(19)27-22/h2-7,13-14,17,27H,8-12,15H2,1H3,(H,26,29). The minimum Gasteiger partial charge on any atom is -0.352 e. The number of benzene rings is 2. The van der Waals surface area contributed by atoms with Crippen LogP contribution in [0.2, 0.25) is 5.02 Å². The summed E-state index contributed by atoms with van der Waals surface area (Å²) in [6, 6.07) is 15.6. The van der Waals surface area contributed by atoms with Gasteiger partial charge in [0, 0.05) is 42.0 Å². The van der Waals surface area contributed by atoms with Crippen molar-refractivity contribution in [3.8, 4) is 0 Å². The Hall–Kier alpha value is -2.79. The molecule has 0 spiro atoms. The molecule has 4 rings (SSSR count). The van der Waals surface area contributed by atoms with E-state index in [1.807, 2.05) is 48.2 Å². The molecule has 0 radical (unpaired) electrons. The van der Waals surface area contributed by atoms with Crippen LogP contribution in [0.4, 0.5) is 0 Å². The number of likely N-dealkylation sites (tertiary alicyclic amines) is 1. The minimum absolute atomic E-state index is 0.00425. The molecule has 2 heterocycles. The van der Waals surface area contributed by atoms with Gasteiger partial charge in [0.1, 0.15) is 5.69 Å². The molecule has 1 aromatic heterocycles. The second-order valence-electron chi connectivity index (χ2n) is 8.12. The Morgan fingerprint density at radius 3 is 2.57 bits per heavy atom. The van der Waals surface area contributed by atoms with Crippen molar-refractivity contribution in [2.75, 3.05) is 13.1 Å². The number of amides is 2. The minimum atomic E-state index is 0.00425. The molecule has 30 heavy (non-hydrogen) atoms. The van der Waals surface area contributed by atoms with E-state index in [2.05, 4.69) is 22.4 Å². The highest BCUT2D eigenvalue weighted by atomic mass is 35.5. The molecule has 1 aliphatic rings. The summed E-state index contributed by atoms with van der Waals surface area (Å²) in [5.74, 6) is 0.394. The van der Waals surface area contributed by atoms with Crippen molar-refractivity contribution in [3.63, 3.8) is 0 Å². The molecule has 0 atom stereocenters. The van der Waals surface area contributed by atoms with E-state index < -0.39 is 0 Å². The molecule has 6 heteroatoms. The zero-order valence-corrected chi connectivity index (χ0v) is 17.8. The van der Waals surface area contributed by atoms with Crippen molar-refractivity contribution < 1.29 is 9.59 Å². The molecule has 1 fully saturated rings. The van der Waals surface area contributed by atoms with Gasteiger partial charge in [-0.25, -0.2) is 0 Å². The van der Waals surface area contributed by atoms with Crippen LogP contribution in [-0.4, -0.2) is 34.8 Å². The van der Waals surface area contributed by atoms with E-state index in [0.29, 0.717) is 42.7 Å². The number of halogens is 1. The second kappa shape index (κ2) is 8.92. The van der Waals surface area contributed by atoms with Gasteiger partial charge in [-0.15, -0.1) is 0 Å². The number of aryl methyl sites for hydroxylation is 1. The molecule has 0 unspecified atom stereocenters. The van der Waals surface area contributed by atoms with E-state index in [4.69, 9.17) is 11.6 Å². The lowest BCUT2D eigenvalue weighted by Gasteiger charge is -2.31. The van der Waals surface area contributed by atoms with Crippen molar-refractivity contribution in [1.82, 2.24) is 15.2 Å². The Morgan fingerprint density at radius 2 is 1.83 bits per heavy atom. The van der Waals surface area contributed by atoms with E-state index in [9.17, 15) is 9.59 Å². The molecule has 5 nitrogen and oxygen atoms in total.